The first-order valence-corrected chi connectivity index (χ1v) is 9.06. The first-order chi connectivity index (χ1) is 10.5. The Kier molecular flexibility index (Phi) is 4.34. The highest BCUT2D eigenvalue weighted by Gasteiger charge is 2.50. The van der Waals surface area contributed by atoms with Crippen LogP contribution in [0.2, 0.25) is 0 Å². The highest BCUT2D eigenvalue weighted by atomic mass is 32.2. The third kappa shape index (κ3) is 2.59. The molecule has 0 aromatic rings. The zero-order valence-corrected chi connectivity index (χ0v) is 13.6. The predicted molar refractivity (Wildman–Crippen MR) is 82.3 cm³/mol. The number of thioether (sulfide) groups is 1. The summed E-state index contributed by atoms with van der Waals surface area (Å²) in [6.07, 6.45) is 4.63. The lowest BCUT2D eigenvalue weighted by Gasteiger charge is -2.36. The highest BCUT2D eigenvalue weighted by Crippen LogP contribution is 2.41. The SMILES string of the molecule is CC(=O)N1CSC[C@@H]1C(=O)N1[C@H](C(=O)O)C[C@H]2CCCC[C@@H]21. The van der Waals surface area contributed by atoms with Crippen molar-refractivity contribution in [3.63, 3.8) is 0 Å². The predicted octanol–water partition coefficient (Wildman–Crippen LogP) is 1.15. The summed E-state index contributed by atoms with van der Waals surface area (Å²) in [6.45, 7) is 1.47. The minimum atomic E-state index is -0.914. The molecule has 2 amide bonds. The number of aliphatic carboxylic acids is 1. The molecule has 2 aliphatic heterocycles. The van der Waals surface area contributed by atoms with Crippen molar-refractivity contribution in [3.8, 4) is 0 Å². The smallest absolute Gasteiger partial charge is 0.326 e. The summed E-state index contributed by atoms with van der Waals surface area (Å²) < 4.78 is 0. The molecule has 0 spiro atoms. The molecule has 3 fully saturated rings. The summed E-state index contributed by atoms with van der Waals surface area (Å²) in [7, 11) is 0. The van der Waals surface area contributed by atoms with Crippen LogP contribution in [0.1, 0.15) is 39.0 Å². The van der Waals surface area contributed by atoms with E-state index in [9.17, 15) is 19.5 Å². The molecule has 0 bridgehead atoms. The number of fused-ring (bicyclic) bond motifs is 1. The van der Waals surface area contributed by atoms with Crippen LogP contribution in [0.25, 0.3) is 0 Å². The maximum absolute atomic E-state index is 13.0. The number of carbonyl (C=O) groups is 3. The standard InChI is InChI=1S/C15H22N2O4S/c1-9(18)16-8-22-7-13(16)14(19)17-11-5-3-2-4-10(11)6-12(17)15(20)21/h10-13H,2-8H2,1H3,(H,20,21)/t10-,11+,12+,13-/m1/s1. The van der Waals surface area contributed by atoms with E-state index < -0.39 is 18.1 Å². The fourth-order valence-corrected chi connectivity index (χ4v) is 5.34. The number of carbonyl (C=O) groups excluding carboxylic acids is 2. The van der Waals surface area contributed by atoms with Gasteiger partial charge in [0, 0.05) is 18.7 Å². The second kappa shape index (κ2) is 6.10. The third-order valence-corrected chi connectivity index (χ3v) is 6.21. The Bertz CT molecular complexity index is 498. The first kappa shape index (κ1) is 15.6. The monoisotopic (exact) mass is 326 g/mol. The van der Waals surface area contributed by atoms with Crippen LogP contribution in [-0.2, 0) is 14.4 Å². The molecule has 122 valence electrons. The molecule has 2 saturated heterocycles. The van der Waals surface area contributed by atoms with E-state index in [1.165, 1.54) is 6.92 Å². The molecule has 1 saturated carbocycles. The number of likely N-dealkylation sites (tertiary alicyclic amines) is 1. The Labute approximate surface area is 134 Å². The van der Waals surface area contributed by atoms with Gasteiger partial charge in [-0.25, -0.2) is 4.79 Å². The van der Waals surface area contributed by atoms with Gasteiger partial charge in [0.2, 0.25) is 11.8 Å². The van der Waals surface area contributed by atoms with Crippen LogP contribution in [0.4, 0.5) is 0 Å². The second-order valence-electron chi connectivity index (χ2n) is 6.45. The fourth-order valence-electron chi connectivity index (χ4n) is 4.13. The van der Waals surface area contributed by atoms with Gasteiger partial charge in [0.15, 0.2) is 0 Å². The van der Waals surface area contributed by atoms with Gasteiger partial charge in [-0.3, -0.25) is 9.59 Å². The van der Waals surface area contributed by atoms with Gasteiger partial charge < -0.3 is 14.9 Å². The summed E-state index contributed by atoms with van der Waals surface area (Å²) >= 11 is 1.55. The summed E-state index contributed by atoms with van der Waals surface area (Å²) in [5.41, 5.74) is 0. The summed E-state index contributed by atoms with van der Waals surface area (Å²) in [5.74, 6) is 0.197. The van der Waals surface area contributed by atoms with E-state index in [1.54, 1.807) is 21.6 Å². The molecule has 2 heterocycles. The quantitative estimate of drug-likeness (QED) is 0.824. The van der Waals surface area contributed by atoms with Crippen molar-refractivity contribution < 1.29 is 19.5 Å². The Morgan fingerprint density at radius 2 is 1.86 bits per heavy atom. The highest BCUT2D eigenvalue weighted by molar-refractivity contribution is 7.99. The van der Waals surface area contributed by atoms with Crippen molar-refractivity contribution >= 4 is 29.5 Å². The fraction of sp³-hybridized carbons (Fsp3) is 0.800. The van der Waals surface area contributed by atoms with Gasteiger partial charge in [0.05, 0.1) is 5.88 Å². The molecule has 22 heavy (non-hydrogen) atoms. The van der Waals surface area contributed by atoms with Crippen molar-refractivity contribution in [3.05, 3.63) is 0 Å². The topological polar surface area (TPSA) is 77.9 Å². The number of hydrogen-bond donors (Lipinski definition) is 1. The van der Waals surface area contributed by atoms with Crippen LogP contribution in [0.15, 0.2) is 0 Å². The van der Waals surface area contributed by atoms with Crippen LogP contribution in [0, 0.1) is 5.92 Å². The first-order valence-electron chi connectivity index (χ1n) is 7.90. The molecule has 1 N–H and O–H groups in total. The number of nitrogens with zero attached hydrogens (tertiary/aromatic N) is 2. The van der Waals surface area contributed by atoms with E-state index in [-0.39, 0.29) is 17.9 Å². The van der Waals surface area contributed by atoms with Gasteiger partial charge in [-0.15, -0.1) is 11.8 Å². The molecule has 7 heteroatoms. The molecule has 0 radical (unpaired) electrons. The molecule has 1 aliphatic carbocycles. The molecule has 3 aliphatic rings. The van der Waals surface area contributed by atoms with Crippen LogP contribution in [0.3, 0.4) is 0 Å². The summed E-state index contributed by atoms with van der Waals surface area (Å²) in [6, 6.07) is -1.17. The Hall–Kier alpha value is -1.24. The Morgan fingerprint density at radius 1 is 1.14 bits per heavy atom. The molecule has 0 unspecified atom stereocenters. The summed E-state index contributed by atoms with van der Waals surface area (Å²) in [4.78, 5) is 39.5. The lowest BCUT2D eigenvalue weighted by molar-refractivity contribution is -0.153. The molecule has 0 aromatic heterocycles. The Balaban J connectivity index is 1.84. The number of amides is 2. The van der Waals surface area contributed by atoms with E-state index in [4.69, 9.17) is 0 Å². The second-order valence-corrected chi connectivity index (χ2v) is 7.45. The van der Waals surface area contributed by atoms with Crippen molar-refractivity contribution in [2.45, 2.75) is 57.2 Å². The van der Waals surface area contributed by atoms with Crippen molar-refractivity contribution in [1.82, 2.24) is 9.80 Å². The van der Waals surface area contributed by atoms with E-state index in [0.29, 0.717) is 24.0 Å². The van der Waals surface area contributed by atoms with Gasteiger partial charge in [-0.2, -0.15) is 0 Å². The number of rotatable bonds is 2. The van der Waals surface area contributed by atoms with E-state index in [1.807, 2.05) is 0 Å². The minimum Gasteiger partial charge on any atom is -0.480 e. The largest absolute Gasteiger partial charge is 0.480 e. The normalized spacial score (nSPS) is 34.6. The lowest BCUT2D eigenvalue weighted by Crippen LogP contribution is -2.54. The van der Waals surface area contributed by atoms with Crippen LogP contribution < -0.4 is 0 Å². The van der Waals surface area contributed by atoms with E-state index >= 15 is 0 Å². The van der Waals surface area contributed by atoms with Crippen molar-refractivity contribution in [2.24, 2.45) is 5.92 Å². The lowest BCUT2D eigenvalue weighted by atomic mass is 9.84. The average Bonchev–Trinajstić information content (AvgIpc) is 3.11. The zero-order chi connectivity index (χ0) is 15.9. The van der Waals surface area contributed by atoms with Gasteiger partial charge in [0.25, 0.3) is 0 Å². The van der Waals surface area contributed by atoms with E-state index in [0.717, 1.165) is 25.7 Å². The van der Waals surface area contributed by atoms with E-state index in [2.05, 4.69) is 0 Å². The number of carboxylic acids is 1. The van der Waals surface area contributed by atoms with Gasteiger partial charge in [-0.05, 0) is 25.2 Å². The van der Waals surface area contributed by atoms with Crippen LogP contribution in [0.5, 0.6) is 0 Å². The van der Waals surface area contributed by atoms with Crippen molar-refractivity contribution in [1.29, 1.82) is 0 Å². The maximum atomic E-state index is 13.0. The van der Waals surface area contributed by atoms with Gasteiger partial charge in [0.1, 0.15) is 12.1 Å². The molecule has 4 atom stereocenters. The average molecular weight is 326 g/mol. The van der Waals surface area contributed by atoms with Gasteiger partial charge in [-0.1, -0.05) is 12.8 Å². The van der Waals surface area contributed by atoms with Crippen LogP contribution in [-0.4, -0.2) is 62.4 Å². The Morgan fingerprint density at radius 3 is 2.55 bits per heavy atom. The van der Waals surface area contributed by atoms with Gasteiger partial charge >= 0.3 is 5.97 Å². The number of hydrogen-bond acceptors (Lipinski definition) is 4. The van der Waals surface area contributed by atoms with Crippen LogP contribution >= 0.6 is 11.8 Å². The van der Waals surface area contributed by atoms with Crippen molar-refractivity contribution in [2.75, 3.05) is 11.6 Å². The minimum absolute atomic E-state index is 0.0433. The molecular formula is C15H22N2O4S. The molecule has 0 aromatic carbocycles. The molecule has 3 rings (SSSR count). The molecule has 6 nitrogen and oxygen atoms in total. The third-order valence-electron chi connectivity index (χ3n) is 5.20. The zero-order valence-electron chi connectivity index (χ0n) is 12.7. The number of carboxylic acid groups (broad SMARTS) is 1. The summed E-state index contributed by atoms with van der Waals surface area (Å²) in [5, 5.41) is 9.52. The maximum Gasteiger partial charge on any atom is 0.326 e. The molecular weight excluding hydrogens is 304 g/mol.